The van der Waals surface area contributed by atoms with E-state index in [9.17, 15) is 4.79 Å². The summed E-state index contributed by atoms with van der Waals surface area (Å²) in [6.45, 7) is 0.124. The maximum absolute atomic E-state index is 12.0. The van der Waals surface area contributed by atoms with Crippen LogP contribution in [0.25, 0.3) is 16.6 Å². The lowest BCUT2D eigenvalue weighted by molar-refractivity contribution is -0.139. The first-order chi connectivity index (χ1) is 13.6. The first kappa shape index (κ1) is 19.9. The standard InChI is InChI=1S/C20H19NO5S2/c1-23-16-8-13(9-17(24-2)19(16)25-3)4-5-18(22)26-10-15-12-28-20(21-15)14-6-7-27-11-14/h4-9,11-12H,10H2,1-3H3/b5-4+. The van der Waals surface area contributed by atoms with Crippen molar-refractivity contribution in [2.45, 2.75) is 6.61 Å². The Labute approximate surface area is 171 Å². The molecule has 2 heterocycles. The van der Waals surface area contributed by atoms with Gasteiger partial charge < -0.3 is 18.9 Å². The van der Waals surface area contributed by atoms with Gasteiger partial charge in [-0.3, -0.25) is 0 Å². The zero-order chi connectivity index (χ0) is 19.9. The summed E-state index contributed by atoms with van der Waals surface area (Å²) < 4.78 is 21.2. The summed E-state index contributed by atoms with van der Waals surface area (Å²) >= 11 is 3.15. The number of aromatic nitrogens is 1. The van der Waals surface area contributed by atoms with Crippen LogP contribution in [0.5, 0.6) is 17.2 Å². The van der Waals surface area contributed by atoms with Gasteiger partial charge in [-0.1, -0.05) is 0 Å². The Morgan fingerprint density at radius 3 is 2.46 bits per heavy atom. The lowest BCUT2D eigenvalue weighted by Gasteiger charge is -2.12. The van der Waals surface area contributed by atoms with Gasteiger partial charge in [-0.2, -0.15) is 11.3 Å². The Morgan fingerprint density at radius 2 is 1.86 bits per heavy atom. The maximum Gasteiger partial charge on any atom is 0.331 e. The van der Waals surface area contributed by atoms with E-state index in [1.54, 1.807) is 29.5 Å². The molecule has 28 heavy (non-hydrogen) atoms. The van der Waals surface area contributed by atoms with Crippen LogP contribution in [0.1, 0.15) is 11.3 Å². The van der Waals surface area contributed by atoms with Crippen LogP contribution >= 0.6 is 22.7 Å². The molecule has 0 N–H and O–H groups in total. The minimum absolute atomic E-state index is 0.124. The first-order valence-electron chi connectivity index (χ1n) is 8.26. The molecule has 0 saturated carbocycles. The molecule has 0 radical (unpaired) electrons. The molecular formula is C20H19NO5S2. The molecule has 0 saturated heterocycles. The predicted octanol–water partition coefficient (Wildman–Crippen LogP) is 4.65. The number of carbonyl (C=O) groups excluding carboxylic acids is 1. The molecule has 3 rings (SSSR count). The van der Waals surface area contributed by atoms with Crippen molar-refractivity contribution in [3.63, 3.8) is 0 Å². The van der Waals surface area contributed by atoms with Gasteiger partial charge in [-0.05, 0) is 35.2 Å². The number of esters is 1. The molecule has 0 aliphatic heterocycles. The van der Waals surface area contributed by atoms with E-state index in [1.165, 1.54) is 38.7 Å². The van der Waals surface area contributed by atoms with E-state index in [4.69, 9.17) is 18.9 Å². The molecule has 3 aromatic rings. The molecule has 0 fully saturated rings. The van der Waals surface area contributed by atoms with E-state index < -0.39 is 5.97 Å². The van der Waals surface area contributed by atoms with Crippen molar-refractivity contribution in [2.24, 2.45) is 0 Å². The molecule has 8 heteroatoms. The van der Waals surface area contributed by atoms with Crippen LogP contribution in [0.3, 0.4) is 0 Å². The molecule has 0 unspecified atom stereocenters. The van der Waals surface area contributed by atoms with Crippen LogP contribution in [-0.4, -0.2) is 32.3 Å². The summed E-state index contributed by atoms with van der Waals surface area (Å²) in [4.78, 5) is 16.5. The van der Waals surface area contributed by atoms with Crippen LogP contribution in [-0.2, 0) is 16.1 Å². The number of hydrogen-bond acceptors (Lipinski definition) is 8. The second-order valence-electron chi connectivity index (χ2n) is 5.56. The van der Waals surface area contributed by atoms with E-state index in [0.29, 0.717) is 17.2 Å². The molecule has 0 amide bonds. The smallest absolute Gasteiger partial charge is 0.331 e. The van der Waals surface area contributed by atoms with Gasteiger partial charge in [0.05, 0.1) is 27.0 Å². The zero-order valence-electron chi connectivity index (χ0n) is 15.6. The molecule has 0 atom stereocenters. The van der Waals surface area contributed by atoms with Crippen LogP contribution in [0.4, 0.5) is 0 Å². The van der Waals surface area contributed by atoms with E-state index in [-0.39, 0.29) is 6.61 Å². The quantitative estimate of drug-likeness (QED) is 0.392. The third-order valence-corrected chi connectivity index (χ3v) is 5.40. The van der Waals surface area contributed by atoms with Gasteiger partial charge >= 0.3 is 5.97 Å². The fourth-order valence-electron chi connectivity index (χ4n) is 2.45. The molecule has 6 nitrogen and oxygen atoms in total. The van der Waals surface area contributed by atoms with Crippen LogP contribution in [0.2, 0.25) is 0 Å². The summed E-state index contributed by atoms with van der Waals surface area (Å²) in [7, 11) is 4.62. The summed E-state index contributed by atoms with van der Waals surface area (Å²) in [5, 5.41) is 6.85. The van der Waals surface area contributed by atoms with E-state index in [0.717, 1.165) is 21.8 Å². The summed E-state index contributed by atoms with van der Waals surface area (Å²) in [5.74, 6) is 1.06. The molecule has 0 spiro atoms. The normalized spacial score (nSPS) is 10.8. The van der Waals surface area contributed by atoms with Gasteiger partial charge in [0.25, 0.3) is 0 Å². The number of thiazole rings is 1. The highest BCUT2D eigenvalue weighted by Gasteiger charge is 2.12. The maximum atomic E-state index is 12.0. The molecular weight excluding hydrogens is 398 g/mol. The summed E-state index contributed by atoms with van der Waals surface area (Å²) in [6, 6.07) is 5.51. The van der Waals surface area contributed by atoms with Gasteiger partial charge in [-0.15, -0.1) is 11.3 Å². The van der Waals surface area contributed by atoms with Crippen molar-refractivity contribution in [1.29, 1.82) is 0 Å². The Morgan fingerprint density at radius 1 is 1.11 bits per heavy atom. The number of rotatable bonds is 8. The number of ether oxygens (including phenoxy) is 4. The van der Waals surface area contributed by atoms with Crippen molar-refractivity contribution in [2.75, 3.05) is 21.3 Å². The van der Waals surface area contributed by atoms with Crippen molar-refractivity contribution >= 4 is 34.7 Å². The number of carbonyl (C=O) groups is 1. The summed E-state index contributed by atoms with van der Waals surface area (Å²) in [5.41, 5.74) is 2.52. The predicted molar refractivity (Wildman–Crippen MR) is 110 cm³/mol. The number of benzene rings is 1. The topological polar surface area (TPSA) is 66.9 Å². The van der Waals surface area contributed by atoms with Crippen molar-refractivity contribution < 1.29 is 23.7 Å². The van der Waals surface area contributed by atoms with Crippen LogP contribution in [0.15, 0.2) is 40.4 Å². The highest BCUT2D eigenvalue weighted by Crippen LogP contribution is 2.38. The van der Waals surface area contributed by atoms with E-state index >= 15 is 0 Å². The minimum atomic E-state index is -0.459. The van der Waals surface area contributed by atoms with E-state index in [1.807, 2.05) is 22.2 Å². The SMILES string of the molecule is COc1cc(/C=C/C(=O)OCc2csc(-c3ccsc3)n2)cc(OC)c1OC. The van der Waals surface area contributed by atoms with Gasteiger partial charge in [0.1, 0.15) is 11.6 Å². The Balaban J connectivity index is 1.62. The highest BCUT2D eigenvalue weighted by atomic mass is 32.1. The molecule has 2 aromatic heterocycles. The second kappa shape index (κ2) is 9.38. The number of thiophene rings is 1. The van der Waals surface area contributed by atoms with Crippen molar-refractivity contribution in [1.82, 2.24) is 4.98 Å². The number of methoxy groups -OCH3 is 3. The third kappa shape index (κ3) is 4.71. The molecule has 146 valence electrons. The minimum Gasteiger partial charge on any atom is -0.493 e. The molecule has 1 aromatic carbocycles. The average molecular weight is 418 g/mol. The third-order valence-electron chi connectivity index (χ3n) is 3.78. The second-order valence-corrected chi connectivity index (χ2v) is 7.19. The van der Waals surface area contributed by atoms with Crippen LogP contribution < -0.4 is 14.2 Å². The number of hydrogen-bond donors (Lipinski definition) is 0. The largest absolute Gasteiger partial charge is 0.493 e. The van der Waals surface area contributed by atoms with Gasteiger partial charge in [0.15, 0.2) is 11.5 Å². The van der Waals surface area contributed by atoms with Crippen LogP contribution in [0, 0.1) is 0 Å². The van der Waals surface area contributed by atoms with Crippen molar-refractivity contribution in [3.05, 3.63) is 51.7 Å². The molecule has 0 bridgehead atoms. The lowest BCUT2D eigenvalue weighted by Crippen LogP contribution is -2.01. The highest BCUT2D eigenvalue weighted by molar-refractivity contribution is 7.14. The first-order valence-corrected chi connectivity index (χ1v) is 10.1. The van der Waals surface area contributed by atoms with Gasteiger partial charge in [0, 0.05) is 22.4 Å². The molecule has 0 aliphatic rings. The lowest BCUT2D eigenvalue weighted by atomic mass is 10.1. The number of nitrogens with zero attached hydrogens (tertiary/aromatic N) is 1. The Hall–Kier alpha value is -2.84. The fourth-order valence-corrected chi connectivity index (χ4v) is 3.96. The summed E-state index contributed by atoms with van der Waals surface area (Å²) in [6.07, 6.45) is 2.98. The van der Waals surface area contributed by atoms with Gasteiger partial charge in [-0.25, -0.2) is 9.78 Å². The Bertz CT molecular complexity index is 938. The zero-order valence-corrected chi connectivity index (χ0v) is 17.3. The Kier molecular flexibility index (Phi) is 6.67. The average Bonchev–Trinajstić information content (AvgIpc) is 3.41. The van der Waals surface area contributed by atoms with Gasteiger partial charge in [0.2, 0.25) is 5.75 Å². The monoisotopic (exact) mass is 417 g/mol. The van der Waals surface area contributed by atoms with E-state index in [2.05, 4.69) is 4.98 Å². The fraction of sp³-hybridized carbons (Fsp3) is 0.200. The molecule has 0 aliphatic carbocycles. The van der Waals surface area contributed by atoms with Crippen molar-refractivity contribution in [3.8, 4) is 27.8 Å².